The Morgan fingerprint density at radius 2 is 1.85 bits per heavy atom. The van der Waals surface area contributed by atoms with Crippen LogP contribution in [-0.2, 0) is 10.0 Å². The molecule has 0 unspecified atom stereocenters. The Morgan fingerprint density at radius 3 is 2.31 bits per heavy atom. The van der Waals surface area contributed by atoms with Gasteiger partial charge >= 0.3 is 0 Å². The maximum atomic E-state index is 11.3. The average Bonchev–Trinajstić information content (AvgIpc) is 2.02. The number of sulfonamides is 1. The van der Waals surface area contributed by atoms with Crippen LogP contribution in [-0.4, -0.2) is 20.7 Å². The van der Waals surface area contributed by atoms with Gasteiger partial charge in [0.15, 0.2) is 0 Å². The molecule has 13 heavy (non-hydrogen) atoms. The van der Waals surface area contributed by atoms with Crippen molar-refractivity contribution < 1.29 is 8.42 Å². The van der Waals surface area contributed by atoms with E-state index in [9.17, 15) is 8.42 Å². The third-order valence-electron chi connectivity index (χ3n) is 1.73. The minimum absolute atomic E-state index is 0.271. The summed E-state index contributed by atoms with van der Waals surface area (Å²) in [5.74, 6) is 0.647. The molecule has 1 N–H and O–H groups in total. The van der Waals surface area contributed by atoms with Crippen molar-refractivity contribution in [1.29, 1.82) is 0 Å². The second-order valence-electron chi connectivity index (χ2n) is 3.77. The standard InChI is InChI=1S/C9H21NO2S/c1-4-5-6-7-13(11,12)10-8-9(2)3/h9-10H,4-8H2,1-3H3. The van der Waals surface area contributed by atoms with Crippen molar-refractivity contribution in [3.63, 3.8) is 0 Å². The monoisotopic (exact) mass is 207 g/mol. The van der Waals surface area contributed by atoms with E-state index in [2.05, 4.69) is 11.6 Å². The predicted octanol–water partition coefficient (Wildman–Crippen LogP) is 1.75. The molecule has 0 aliphatic carbocycles. The first-order chi connectivity index (χ1) is 5.98. The summed E-state index contributed by atoms with van der Waals surface area (Å²) in [6.07, 6.45) is 2.81. The maximum absolute atomic E-state index is 11.3. The molecule has 4 heteroatoms. The van der Waals surface area contributed by atoms with Crippen molar-refractivity contribution in [2.24, 2.45) is 5.92 Å². The largest absolute Gasteiger partial charge is 0.215 e. The lowest BCUT2D eigenvalue weighted by Gasteiger charge is -2.07. The van der Waals surface area contributed by atoms with Crippen molar-refractivity contribution in [2.75, 3.05) is 12.3 Å². The molecular formula is C9H21NO2S. The van der Waals surface area contributed by atoms with Gasteiger partial charge in [-0.05, 0) is 12.3 Å². The molecular weight excluding hydrogens is 186 g/mol. The van der Waals surface area contributed by atoms with Gasteiger partial charge in [0.05, 0.1) is 5.75 Å². The van der Waals surface area contributed by atoms with Crippen molar-refractivity contribution >= 4 is 10.0 Å². The molecule has 0 bridgehead atoms. The van der Waals surface area contributed by atoms with Crippen LogP contribution < -0.4 is 4.72 Å². The molecule has 0 fully saturated rings. The Hall–Kier alpha value is -0.0900. The third-order valence-corrected chi connectivity index (χ3v) is 3.16. The molecule has 0 aromatic carbocycles. The second kappa shape index (κ2) is 6.38. The number of nitrogens with one attached hydrogen (secondary N) is 1. The molecule has 0 saturated heterocycles. The van der Waals surface area contributed by atoms with Crippen molar-refractivity contribution in [1.82, 2.24) is 4.72 Å². The SMILES string of the molecule is CCCCCS(=O)(=O)NCC(C)C. The Balaban J connectivity index is 3.68. The molecule has 0 amide bonds. The molecule has 80 valence electrons. The Morgan fingerprint density at radius 1 is 1.23 bits per heavy atom. The molecule has 0 radical (unpaired) electrons. The topological polar surface area (TPSA) is 46.2 Å². The van der Waals surface area contributed by atoms with Gasteiger partial charge < -0.3 is 0 Å². The normalized spacial score (nSPS) is 12.3. The van der Waals surface area contributed by atoms with Crippen LogP contribution in [0.15, 0.2) is 0 Å². The molecule has 0 saturated carbocycles. The van der Waals surface area contributed by atoms with E-state index < -0.39 is 10.0 Å². The van der Waals surface area contributed by atoms with Crippen LogP contribution in [0.25, 0.3) is 0 Å². The summed E-state index contributed by atoms with van der Waals surface area (Å²) in [4.78, 5) is 0. The lowest BCUT2D eigenvalue weighted by Crippen LogP contribution is -2.29. The van der Waals surface area contributed by atoms with Crippen molar-refractivity contribution in [2.45, 2.75) is 40.0 Å². The summed E-state index contributed by atoms with van der Waals surface area (Å²) in [6, 6.07) is 0. The highest BCUT2D eigenvalue weighted by molar-refractivity contribution is 7.89. The maximum Gasteiger partial charge on any atom is 0.211 e. The van der Waals surface area contributed by atoms with Gasteiger partial charge in [0.25, 0.3) is 0 Å². The minimum Gasteiger partial charge on any atom is -0.215 e. The van der Waals surface area contributed by atoms with E-state index in [4.69, 9.17) is 0 Å². The van der Waals surface area contributed by atoms with E-state index in [1.165, 1.54) is 0 Å². The number of rotatable bonds is 7. The quantitative estimate of drug-likeness (QED) is 0.646. The van der Waals surface area contributed by atoms with E-state index in [1.807, 2.05) is 13.8 Å². The average molecular weight is 207 g/mol. The number of hydrogen-bond donors (Lipinski definition) is 1. The van der Waals surface area contributed by atoms with E-state index in [0.29, 0.717) is 12.5 Å². The van der Waals surface area contributed by atoms with E-state index in [0.717, 1.165) is 19.3 Å². The van der Waals surface area contributed by atoms with Gasteiger partial charge in [-0.2, -0.15) is 0 Å². The summed E-state index contributed by atoms with van der Waals surface area (Å²) >= 11 is 0. The fraction of sp³-hybridized carbons (Fsp3) is 1.00. The molecule has 0 aliphatic heterocycles. The molecule has 0 aromatic heterocycles. The van der Waals surface area contributed by atoms with Gasteiger partial charge in [-0.3, -0.25) is 0 Å². The minimum atomic E-state index is -3.00. The van der Waals surface area contributed by atoms with Crippen LogP contribution in [0.2, 0.25) is 0 Å². The lowest BCUT2D eigenvalue weighted by atomic mass is 10.2. The first-order valence-electron chi connectivity index (χ1n) is 4.95. The smallest absolute Gasteiger partial charge is 0.211 e. The molecule has 0 aromatic rings. The molecule has 0 spiro atoms. The lowest BCUT2D eigenvalue weighted by molar-refractivity contribution is 0.556. The summed E-state index contributed by atoms with van der Waals surface area (Å²) < 4.78 is 25.2. The van der Waals surface area contributed by atoms with Crippen molar-refractivity contribution in [3.05, 3.63) is 0 Å². The number of hydrogen-bond acceptors (Lipinski definition) is 2. The zero-order valence-electron chi connectivity index (χ0n) is 8.84. The highest BCUT2D eigenvalue weighted by Gasteiger charge is 2.09. The van der Waals surface area contributed by atoms with Gasteiger partial charge in [0.2, 0.25) is 10.0 Å². The Bertz CT molecular complexity index is 210. The zero-order valence-corrected chi connectivity index (χ0v) is 9.65. The van der Waals surface area contributed by atoms with E-state index in [1.54, 1.807) is 0 Å². The summed E-state index contributed by atoms with van der Waals surface area (Å²) in [5, 5.41) is 0. The molecule has 3 nitrogen and oxygen atoms in total. The van der Waals surface area contributed by atoms with E-state index in [-0.39, 0.29) is 5.75 Å². The fourth-order valence-electron chi connectivity index (χ4n) is 0.908. The van der Waals surface area contributed by atoms with Gasteiger partial charge in [0.1, 0.15) is 0 Å². The highest BCUT2D eigenvalue weighted by Crippen LogP contribution is 1.98. The van der Waals surface area contributed by atoms with Crippen LogP contribution in [0.3, 0.4) is 0 Å². The van der Waals surface area contributed by atoms with Crippen LogP contribution in [0, 0.1) is 5.92 Å². The zero-order chi connectivity index (χ0) is 10.3. The first-order valence-corrected chi connectivity index (χ1v) is 6.60. The number of unbranched alkanes of at least 4 members (excludes halogenated alkanes) is 2. The summed E-state index contributed by atoms with van der Waals surface area (Å²) in [5.41, 5.74) is 0. The Kier molecular flexibility index (Phi) is 6.33. The fourth-order valence-corrected chi connectivity index (χ4v) is 2.22. The van der Waals surface area contributed by atoms with Crippen LogP contribution >= 0.6 is 0 Å². The molecule has 0 heterocycles. The third kappa shape index (κ3) is 8.25. The molecule has 0 aliphatic rings. The van der Waals surface area contributed by atoms with Crippen LogP contribution in [0.4, 0.5) is 0 Å². The first kappa shape index (κ1) is 12.9. The second-order valence-corrected chi connectivity index (χ2v) is 5.69. The van der Waals surface area contributed by atoms with Crippen LogP contribution in [0.5, 0.6) is 0 Å². The summed E-state index contributed by atoms with van der Waals surface area (Å²) in [7, 11) is -3.00. The summed E-state index contributed by atoms with van der Waals surface area (Å²) in [6.45, 7) is 6.60. The van der Waals surface area contributed by atoms with E-state index >= 15 is 0 Å². The Labute approximate surface area is 82.0 Å². The van der Waals surface area contributed by atoms with Crippen molar-refractivity contribution in [3.8, 4) is 0 Å². The van der Waals surface area contributed by atoms with Gasteiger partial charge in [-0.1, -0.05) is 33.6 Å². The van der Waals surface area contributed by atoms with Gasteiger partial charge in [0, 0.05) is 6.54 Å². The highest BCUT2D eigenvalue weighted by atomic mass is 32.2. The molecule has 0 atom stereocenters. The predicted molar refractivity (Wildman–Crippen MR) is 56.2 cm³/mol. The van der Waals surface area contributed by atoms with Gasteiger partial charge in [-0.15, -0.1) is 0 Å². The van der Waals surface area contributed by atoms with Gasteiger partial charge in [-0.25, -0.2) is 13.1 Å². The molecule has 0 rings (SSSR count). The van der Waals surface area contributed by atoms with Crippen LogP contribution in [0.1, 0.15) is 40.0 Å².